The fraction of sp³-hybridized carbons (Fsp3) is 0.480. The highest BCUT2D eigenvalue weighted by Crippen LogP contribution is 2.65. The predicted molar refractivity (Wildman–Crippen MR) is 119 cm³/mol. The zero-order chi connectivity index (χ0) is 21.1. The quantitative estimate of drug-likeness (QED) is 0.533. The third kappa shape index (κ3) is 3.06. The standard InChI is InChI=1S/C25H29BFNO2/c1-16(17-8-6-5-7-9-17)28-15-18-10-11-20(27)14-21(18)26-29-23-13-19-12-22(24(19,2)3)25(23,4)30-26/h5-11,14-16,19,22-23H,12-13H2,1-4H3/t16-,19+,22+,23-,25+/m0/s1. The molecular formula is C25H29BFNO2. The first kappa shape index (κ1) is 20.0. The molecule has 0 N–H and O–H groups in total. The van der Waals surface area contributed by atoms with Crippen LogP contribution in [-0.2, 0) is 9.31 Å². The maximum atomic E-state index is 14.2. The first-order valence-electron chi connectivity index (χ1n) is 11.0. The van der Waals surface area contributed by atoms with E-state index < -0.39 is 7.12 Å². The van der Waals surface area contributed by atoms with Gasteiger partial charge in [0.15, 0.2) is 0 Å². The van der Waals surface area contributed by atoms with Crippen molar-refractivity contribution in [3.63, 3.8) is 0 Å². The Hall–Kier alpha value is -1.98. The molecule has 4 aliphatic rings. The topological polar surface area (TPSA) is 30.8 Å². The first-order valence-corrected chi connectivity index (χ1v) is 11.0. The van der Waals surface area contributed by atoms with Gasteiger partial charge in [-0.05, 0) is 72.7 Å². The maximum absolute atomic E-state index is 14.2. The van der Waals surface area contributed by atoms with Crippen LogP contribution in [0.4, 0.5) is 4.39 Å². The Morgan fingerprint density at radius 1 is 1.13 bits per heavy atom. The molecule has 5 heteroatoms. The second-order valence-electron chi connectivity index (χ2n) is 9.94. The zero-order valence-corrected chi connectivity index (χ0v) is 18.1. The van der Waals surface area contributed by atoms with Crippen LogP contribution in [-0.4, -0.2) is 25.0 Å². The van der Waals surface area contributed by atoms with Gasteiger partial charge in [-0.15, -0.1) is 0 Å². The lowest BCUT2D eigenvalue weighted by molar-refractivity contribution is -0.199. The van der Waals surface area contributed by atoms with Crippen molar-refractivity contribution in [2.24, 2.45) is 22.2 Å². The molecule has 1 aliphatic heterocycles. The zero-order valence-electron chi connectivity index (χ0n) is 18.1. The molecule has 5 atom stereocenters. The molecule has 0 spiro atoms. The molecular weight excluding hydrogens is 376 g/mol. The molecule has 2 aromatic rings. The van der Waals surface area contributed by atoms with Crippen molar-refractivity contribution in [3.05, 3.63) is 65.5 Å². The molecule has 1 saturated heterocycles. The van der Waals surface area contributed by atoms with Gasteiger partial charge in [0.2, 0.25) is 0 Å². The molecule has 2 aromatic carbocycles. The summed E-state index contributed by atoms with van der Waals surface area (Å²) in [6.07, 6.45) is 4.10. The molecule has 3 aliphatic carbocycles. The number of nitrogens with zero attached hydrogens (tertiary/aromatic N) is 1. The summed E-state index contributed by atoms with van der Waals surface area (Å²) in [5, 5.41) is 0. The average Bonchev–Trinajstić information content (AvgIpc) is 3.10. The Morgan fingerprint density at radius 2 is 1.90 bits per heavy atom. The van der Waals surface area contributed by atoms with Gasteiger partial charge in [0.1, 0.15) is 5.82 Å². The van der Waals surface area contributed by atoms with Gasteiger partial charge < -0.3 is 9.31 Å². The lowest BCUT2D eigenvalue weighted by Crippen LogP contribution is -2.65. The van der Waals surface area contributed by atoms with E-state index in [9.17, 15) is 4.39 Å². The summed E-state index contributed by atoms with van der Waals surface area (Å²) in [6.45, 7) is 8.93. The van der Waals surface area contributed by atoms with Crippen LogP contribution in [0.25, 0.3) is 0 Å². The van der Waals surface area contributed by atoms with E-state index in [4.69, 9.17) is 14.3 Å². The molecule has 6 rings (SSSR count). The third-order valence-corrected chi connectivity index (χ3v) is 7.97. The van der Waals surface area contributed by atoms with Crippen LogP contribution in [0.2, 0.25) is 0 Å². The van der Waals surface area contributed by atoms with Gasteiger partial charge in [0.05, 0.1) is 17.7 Å². The van der Waals surface area contributed by atoms with Gasteiger partial charge >= 0.3 is 7.12 Å². The van der Waals surface area contributed by atoms with Crippen LogP contribution < -0.4 is 5.46 Å². The molecule has 30 heavy (non-hydrogen) atoms. The number of halogens is 1. The van der Waals surface area contributed by atoms with E-state index in [1.54, 1.807) is 6.07 Å². The van der Waals surface area contributed by atoms with E-state index in [1.165, 1.54) is 18.6 Å². The molecule has 4 fully saturated rings. The molecule has 3 saturated carbocycles. The van der Waals surface area contributed by atoms with Crippen LogP contribution >= 0.6 is 0 Å². The van der Waals surface area contributed by atoms with Gasteiger partial charge in [-0.2, -0.15) is 0 Å². The summed E-state index contributed by atoms with van der Waals surface area (Å²) in [5.41, 5.74) is 2.68. The maximum Gasteiger partial charge on any atom is 0.495 e. The number of benzene rings is 2. The third-order valence-electron chi connectivity index (χ3n) is 7.97. The second kappa shape index (κ2) is 7.03. The minimum Gasteiger partial charge on any atom is -0.401 e. The monoisotopic (exact) mass is 405 g/mol. The van der Waals surface area contributed by atoms with Crippen molar-refractivity contribution in [3.8, 4) is 0 Å². The van der Waals surface area contributed by atoms with Crippen LogP contribution in [0.1, 0.15) is 57.7 Å². The lowest BCUT2D eigenvalue weighted by atomic mass is 9.43. The molecule has 2 bridgehead atoms. The summed E-state index contributed by atoms with van der Waals surface area (Å²) < 4.78 is 27.1. The Morgan fingerprint density at radius 3 is 2.63 bits per heavy atom. The predicted octanol–water partition coefficient (Wildman–Crippen LogP) is 4.94. The average molecular weight is 405 g/mol. The number of hydrogen-bond acceptors (Lipinski definition) is 3. The summed E-state index contributed by atoms with van der Waals surface area (Å²) in [5.74, 6) is 0.876. The molecule has 0 unspecified atom stereocenters. The fourth-order valence-corrected chi connectivity index (χ4v) is 5.88. The lowest BCUT2D eigenvalue weighted by Gasteiger charge is -2.64. The van der Waals surface area contributed by atoms with E-state index in [-0.39, 0.29) is 29.0 Å². The summed E-state index contributed by atoms with van der Waals surface area (Å²) in [7, 11) is -0.556. The van der Waals surface area contributed by atoms with Crippen molar-refractivity contribution >= 4 is 18.8 Å². The summed E-state index contributed by atoms with van der Waals surface area (Å²) in [4.78, 5) is 4.72. The van der Waals surface area contributed by atoms with E-state index in [1.807, 2.05) is 24.4 Å². The fourth-order valence-electron chi connectivity index (χ4n) is 5.88. The van der Waals surface area contributed by atoms with E-state index in [0.29, 0.717) is 11.8 Å². The highest BCUT2D eigenvalue weighted by molar-refractivity contribution is 6.63. The molecule has 0 amide bonds. The second-order valence-corrected chi connectivity index (χ2v) is 9.94. The van der Waals surface area contributed by atoms with Gasteiger partial charge in [-0.25, -0.2) is 4.39 Å². The van der Waals surface area contributed by atoms with Crippen LogP contribution in [0.15, 0.2) is 53.5 Å². The Balaban J connectivity index is 1.42. The Labute approximate surface area is 178 Å². The highest BCUT2D eigenvalue weighted by atomic mass is 19.1. The highest BCUT2D eigenvalue weighted by Gasteiger charge is 2.68. The van der Waals surface area contributed by atoms with E-state index >= 15 is 0 Å². The van der Waals surface area contributed by atoms with Crippen molar-refractivity contribution in [2.75, 3.05) is 0 Å². The smallest absolute Gasteiger partial charge is 0.401 e. The van der Waals surface area contributed by atoms with Gasteiger partial charge in [-0.1, -0.05) is 50.2 Å². The molecule has 156 valence electrons. The van der Waals surface area contributed by atoms with Crippen molar-refractivity contribution in [1.82, 2.24) is 0 Å². The van der Waals surface area contributed by atoms with E-state index in [0.717, 1.165) is 23.0 Å². The number of rotatable bonds is 4. The number of hydrogen-bond donors (Lipinski definition) is 0. The van der Waals surface area contributed by atoms with Gasteiger partial charge in [-0.3, -0.25) is 4.99 Å². The van der Waals surface area contributed by atoms with Crippen LogP contribution in [0.5, 0.6) is 0 Å². The molecule has 1 heterocycles. The van der Waals surface area contributed by atoms with Crippen molar-refractivity contribution in [1.29, 1.82) is 0 Å². The van der Waals surface area contributed by atoms with Crippen molar-refractivity contribution in [2.45, 2.75) is 58.3 Å². The van der Waals surface area contributed by atoms with Gasteiger partial charge in [0.25, 0.3) is 0 Å². The van der Waals surface area contributed by atoms with Crippen molar-refractivity contribution < 1.29 is 13.7 Å². The minimum atomic E-state index is -0.556. The molecule has 0 radical (unpaired) electrons. The largest absolute Gasteiger partial charge is 0.495 e. The van der Waals surface area contributed by atoms with Gasteiger partial charge in [0, 0.05) is 6.21 Å². The molecule has 3 nitrogen and oxygen atoms in total. The van der Waals surface area contributed by atoms with E-state index in [2.05, 4.69) is 39.8 Å². The minimum absolute atomic E-state index is 0.0163. The number of aliphatic imine (C=N–C) groups is 1. The Bertz CT molecular complexity index is 978. The van der Waals surface area contributed by atoms with Crippen LogP contribution in [0.3, 0.4) is 0 Å². The Kier molecular flexibility index (Phi) is 4.68. The molecule has 0 aromatic heterocycles. The normalized spacial score (nSPS) is 32.7. The first-order chi connectivity index (χ1) is 14.3. The summed E-state index contributed by atoms with van der Waals surface area (Å²) >= 11 is 0. The SMILES string of the molecule is C[C@H](N=Cc1ccc(F)cc1B1O[C@H]2C[C@H]3C[C@H](C3(C)C)[C@@]2(C)O1)c1ccccc1. The van der Waals surface area contributed by atoms with Crippen LogP contribution in [0, 0.1) is 23.1 Å². The summed E-state index contributed by atoms with van der Waals surface area (Å²) in [6, 6.07) is 15.0.